The molecule has 3 aromatic carbocycles. The van der Waals surface area contributed by atoms with E-state index >= 15 is 0 Å². The van der Waals surface area contributed by atoms with E-state index in [1.807, 2.05) is 48.5 Å². The number of ether oxygens (including phenoxy) is 1. The molecule has 0 heterocycles. The van der Waals surface area contributed by atoms with Crippen LogP contribution in [0.15, 0.2) is 66.7 Å². The monoisotopic (exact) mass is 494 g/mol. The van der Waals surface area contributed by atoms with Crippen molar-refractivity contribution in [3.05, 3.63) is 88.4 Å². The molecule has 0 saturated carbocycles. The molecule has 3 aromatic rings. The highest BCUT2D eigenvalue weighted by molar-refractivity contribution is 6.33. The Kier molecular flexibility index (Phi) is 7.33. The van der Waals surface area contributed by atoms with Crippen molar-refractivity contribution in [3.8, 4) is 11.1 Å². The van der Waals surface area contributed by atoms with Gasteiger partial charge in [0.2, 0.25) is 0 Å². The molecule has 1 aliphatic carbocycles. The quantitative estimate of drug-likeness (QED) is 0.370. The molecule has 0 bridgehead atoms. The van der Waals surface area contributed by atoms with E-state index in [4.69, 9.17) is 21.4 Å². The van der Waals surface area contributed by atoms with Gasteiger partial charge in [0.25, 0.3) is 5.91 Å². The Morgan fingerprint density at radius 2 is 1.60 bits per heavy atom. The molecule has 8 nitrogen and oxygen atoms in total. The Morgan fingerprint density at radius 1 is 0.971 bits per heavy atom. The number of benzene rings is 3. The first-order chi connectivity index (χ1) is 16.8. The van der Waals surface area contributed by atoms with E-state index in [1.165, 1.54) is 18.2 Å². The van der Waals surface area contributed by atoms with E-state index in [0.717, 1.165) is 22.3 Å². The van der Waals surface area contributed by atoms with Gasteiger partial charge in [-0.25, -0.2) is 9.59 Å². The van der Waals surface area contributed by atoms with Gasteiger partial charge in [-0.1, -0.05) is 60.1 Å². The van der Waals surface area contributed by atoms with Crippen LogP contribution in [0.5, 0.6) is 0 Å². The lowest BCUT2D eigenvalue weighted by molar-refractivity contribution is -0.146. The number of hydrogen-bond acceptors (Lipinski definition) is 5. The second-order valence-corrected chi connectivity index (χ2v) is 8.45. The number of carbonyl (C=O) groups is 3. The number of aliphatic carboxylic acids is 1. The minimum Gasteiger partial charge on any atom is -0.479 e. The first kappa shape index (κ1) is 24.3. The molecule has 35 heavy (non-hydrogen) atoms. The molecule has 2 amide bonds. The van der Waals surface area contributed by atoms with E-state index in [0.29, 0.717) is 0 Å². The molecular weight excluding hydrogens is 472 g/mol. The van der Waals surface area contributed by atoms with Crippen molar-refractivity contribution in [2.45, 2.75) is 18.4 Å². The third-order valence-electron chi connectivity index (χ3n) is 5.80. The number of halogens is 1. The summed E-state index contributed by atoms with van der Waals surface area (Å²) in [4.78, 5) is 35.6. The highest BCUT2D eigenvalue weighted by Gasteiger charge is 2.29. The average Bonchev–Trinajstić information content (AvgIpc) is 3.17. The highest BCUT2D eigenvalue weighted by Crippen LogP contribution is 2.44. The zero-order valence-electron chi connectivity index (χ0n) is 18.5. The van der Waals surface area contributed by atoms with Gasteiger partial charge in [0.15, 0.2) is 6.10 Å². The van der Waals surface area contributed by atoms with Crippen LogP contribution in [0.4, 0.5) is 10.5 Å². The number of aliphatic hydroxyl groups is 1. The first-order valence-corrected chi connectivity index (χ1v) is 11.3. The van der Waals surface area contributed by atoms with Crippen LogP contribution in [0.3, 0.4) is 0 Å². The van der Waals surface area contributed by atoms with Crippen LogP contribution in [-0.4, -0.2) is 47.4 Å². The molecule has 0 spiro atoms. The maximum atomic E-state index is 12.6. The maximum Gasteiger partial charge on any atom is 0.411 e. The fraction of sp³-hybridized carbons (Fsp3) is 0.192. The van der Waals surface area contributed by atoms with Gasteiger partial charge >= 0.3 is 12.1 Å². The number of carbonyl (C=O) groups excluding carboxylic acids is 2. The van der Waals surface area contributed by atoms with Gasteiger partial charge in [-0.2, -0.15) is 0 Å². The van der Waals surface area contributed by atoms with Gasteiger partial charge in [0, 0.05) is 24.4 Å². The lowest BCUT2D eigenvalue weighted by Crippen LogP contribution is -2.30. The molecule has 0 fully saturated rings. The third-order valence-corrected chi connectivity index (χ3v) is 6.13. The van der Waals surface area contributed by atoms with Gasteiger partial charge in [0.05, 0.1) is 10.7 Å². The van der Waals surface area contributed by atoms with E-state index in [9.17, 15) is 19.5 Å². The maximum absolute atomic E-state index is 12.6. The molecule has 1 atom stereocenters. The van der Waals surface area contributed by atoms with Crippen molar-refractivity contribution >= 4 is 35.3 Å². The smallest absolute Gasteiger partial charge is 0.411 e. The normalized spacial score (nSPS) is 12.9. The molecule has 4 N–H and O–H groups in total. The summed E-state index contributed by atoms with van der Waals surface area (Å²) in [5.74, 6) is -1.96. The van der Waals surface area contributed by atoms with Crippen molar-refractivity contribution < 1.29 is 29.3 Å². The molecular formula is C26H23ClN2O6. The molecule has 1 aliphatic rings. The highest BCUT2D eigenvalue weighted by atomic mass is 35.5. The summed E-state index contributed by atoms with van der Waals surface area (Å²) in [7, 11) is 0. The van der Waals surface area contributed by atoms with E-state index in [-0.39, 0.29) is 41.8 Å². The van der Waals surface area contributed by atoms with E-state index in [2.05, 4.69) is 10.6 Å². The first-order valence-electron chi connectivity index (χ1n) is 11.0. The Morgan fingerprint density at radius 3 is 2.23 bits per heavy atom. The van der Waals surface area contributed by atoms with Crippen molar-refractivity contribution in [2.75, 3.05) is 18.5 Å². The second-order valence-electron chi connectivity index (χ2n) is 8.04. The topological polar surface area (TPSA) is 125 Å². The van der Waals surface area contributed by atoms with Crippen LogP contribution in [0.2, 0.25) is 5.02 Å². The average molecular weight is 495 g/mol. The van der Waals surface area contributed by atoms with Gasteiger partial charge < -0.3 is 20.3 Å². The number of nitrogens with one attached hydrogen (secondary N) is 2. The lowest BCUT2D eigenvalue weighted by Gasteiger charge is -2.15. The summed E-state index contributed by atoms with van der Waals surface area (Å²) in [5.41, 5.74) is 4.82. The number of anilines is 1. The minimum atomic E-state index is -1.56. The molecule has 0 saturated heterocycles. The largest absolute Gasteiger partial charge is 0.479 e. The number of aliphatic hydroxyl groups excluding tert-OH is 1. The summed E-state index contributed by atoms with van der Waals surface area (Å²) in [6.07, 6.45) is -2.42. The van der Waals surface area contributed by atoms with Gasteiger partial charge in [0.1, 0.15) is 6.61 Å². The van der Waals surface area contributed by atoms with Gasteiger partial charge in [-0.05, 0) is 40.5 Å². The molecule has 4 rings (SSSR count). The van der Waals surface area contributed by atoms with Gasteiger partial charge in [-0.3, -0.25) is 10.1 Å². The predicted octanol–water partition coefficient (Wildman–Crippen LogP) is 4.27. The Labute approximate surface area is 206 Å². The molecule has 0 aromatic heterocycles. The number of carboxylic acid groups (broad SMARTS) is 1. The summed E-state index contributed by atoms with van der Waals surface area (Å²) in [5, 5.41) is 23.3. The van der Waals surface area contributed by atoms with Crippen LogP contribution >= 0.6 is 11.6 Å². The molecule has 9 heteroatoms. The SMILES string of the molecule is O=C(Nc1cc(C(=O)NCCC(O)C(=O)O)ccc1Cl)OCC1c2ccccc2-c2ccccc21. The fourth-order valence-corrected chi connectivity index (χ4v) is 4.22. The number of amides is 2. The molecule has 1 unspecified atom stereocenters. The van der Waals surface area contributed by atoms with Crippen molar-refractivity contribution in [2.24, 2.45) is 0 Å². The predicted molar refractivity (Wildman–Crippen MR) is 131 cm³/mol. The van der Waals surface area contributed by atoms with Crippen molar-refractivity contribution in [1.29, 1.82) is 0 Å². The Hall–Kier alpha value is -3.88. The number of rotatable bonds is 8. The van der Waals surface area contributed by atoms with Crippen LogP contribution in [0.25, 0.3) is 11.1 Å². The Balaban J connectivity index is 1.38. The minimum absolute atomic E-state index is 0.0376. The van der Waals surface area contributed by atoms with Crippen LogP contribution in [0.1, 0.15) is 33.8 Å². The second kappa shape index (κ2) is 10.6. The molecule has 0 aliphatic heterocycles. The standard InChI is InChI=1S/C26H23ClN2O6/c27-21-10-9-15(24(31)28-12-11-23(30)25(32)33)13-22(21)29-26(34)35-14-20-18-7-3-1-5-16(18)17-6-2-4-8-19(17)20/h1-10,13,20,23,30H,11-12,14H2,(H,28,31)(H,29,34)(H,32,33). The summed E-state index contributed by atoms with van der Waals surface area (Å²) in [6.45, 7) is 0.0909. The number of carboxylic acids is 1. The van der Waals surface area contributed by atoms with Gasteiger partial charge in [-0.15, -0.1) is 0 Å². The molecule has 180 valence electrons. The van der Waals surface area contributed by atoms with E-state index in [1.54, 1.807) is 0 Å². The Bertz CT molecular complexity index is 1230. The third kappa shape index (κ3) is 5.45. The lowest BCUT2D eigenvalue weighted by atomic mass is 9.98. The summed E-state index contributed by atoms with van der Waals surface area (Å²) < 4.78 is 5.52. The number of hydrogen-bond donors (Lipinski definition) is 4. The summed E-state index contributed by atoms with van der Waals surface area (Å²) in [6, 6.07) is 20.3. The fourth-order valence-electron chi connectivity index (χ4n) is 4.05. The van der Waals surface area contributed by atoms with Crippen LogP contribution in [0, 0.1) is 0 Å². The molecule has 0 radical (unpaired) electrons. The van der Waals surface area contributed by atoms with Crippen LogP contribution in [-0.2, 0) is 9.53 Å². The van der Waals surface area contributed by atoms with Crippen molar-refractivity contribution in [1.82, 2.24) is 5.32 Å². The summed E-state index contributed by atoms with van der Waals surface area (Å²) >= 11 is 6.19. The zero-order chi connectivity index (χ0) is 24.9. The number of fused-ring (bicyclic) bond motifs is 3. The van der Waals surface area contributed by atoms with E-state index < -0.39 is 24.1 Å². The van der Waals surface area contributed by atoms with Crippen molar-refractivity contribution in [3.63, 3.8) is 0 Å². The zero-order valence-corrected chi connectivity index (χ0v) is 19.3. The van der Waals surface area contributed by atoms with Crippen LogP contribution < -0.4 is 10.6 Å².